The third-order valence-corrected chi connectivity index (χ3v) is 3.88. The molecule has 2 aromatic rings. The van der Waals surface area contributed by atoms with Crippen LogP contribution < -0.4 is 17.0 Å². The van der Waals surface area contributed by atoms with E-state index >= 15 is 0 Å². The van der Waals surface area contributed by atoms with Crippen LogP contribution in [0.25, 0.3) is 11.2 Å². The van der Waals surface area contributed by atoms with Crippen LogP contribution in [0.4, 0.5) is 0 Å². The molecule has 2 aromatic heterocycles. The van der Waals surface area contributed by atoms with Crippen LogP contribution in [0.5, 0.6) is 0 Å². The summed E-state index contributed by atoms with van der Waals surface area (Å²) in [4.78, 5) is 29.9. The smallest absolute Gasteiger partial charge is 0.330 e. The maximum absolute atomic E-state index is 12.7. The van der Waals surface area contributed by atoms with Gasteiger partial charge in [-0.05, 0) is 33.7 Å². The summed E-state index contributed by atoms with van der Waals surface area (Å²) < 4.78 is 4.82. The second-order valence-electron chi connectivity index (χ2n) is 5.64. The van der Waals surface area contributed by atoms with E-state index in [-0.39, 0.29) is 17.3 Å². The molecule has 0 unspecified atom stereocenters. The van der Waals surface area contributed by atoms with Crippen LogP contribution in [0, 0.1) is 0 Å². The minimum absolute atomic E-state index is 0.0593. The molecule has 0 saturated carbocycles. The van der Waals surface area contributed by atoms with Gasteiger partial charge in [0.15, 0.2) is 11.2 Å². The van der Waals surface area contributed by atoms with Gasteiger partial charge in [0.2, 0.25) is 0 Å². The van der Waals surface area contributed by atoms with E-state index in [1.807, 2.05) is 25.3 Å². The lowest BCUT2D eigenvalue weighted by Crippen LogP contribution is -2.40. The van der Waals surface area contributed by atoms with Crippen LogP contribution in [0.2, 0.25) is 0 Å². The highest BCUT2D eigenvalue weighted by Crippen LogP contribution is 2.16. The van der Waals surface area contributed by atoms with E-state index in [0.717, 1.165) is 12.2 Å². The van der Waals surface area contributed by atoms with Crippen LogP contribution >= 0.6 is 0 Å². The predicted molar refractivity (Wildman–Crippen MR) is 87.4 cm³/mol. The van der Waals surface area contributed by atoms with Crippen molar-refractivity contribution in [1.29, 1.82) is 0 Å². The standard InChI is InChI=1S/C15H25N5O2/c1-5-11-17-13-12(19(11)9-7-8-16)14(21)18(6-2)15(22)20(13)10(3)4/h10H,5-9,16H2,1-4H3. The van der Waals surface area contributed by atoms with Gasteiger partial charge in [-0.3, -0.25) is 13.9 Å². The van der Waals surface area contributed by atoms with E-state index in [0.29, 0.717) is 37.2 Å². The maximum Gasteiger partial charge on any atom is 0.332 e. The number of fused-ring (bicyclic) bond motifs is 1. The fourth-order valence-electron chi connectivity index (χ4n) is 2.80. The Labute approximate surface area is 129 Å². The number of hydrogen-bond acceptors (Lipinski definition) is 4. The largest absolute Gasteiger partial charge is 0.332 e. The Morgan fingerprint density at radius 3 is 2.36 bits per heavy atom. The first-order chi connectivity index (χ1) is 10.5. The van der Waals surface area contributed by atoms with E-state index in [9.17, 15) is 9.59 Å². The average molecular weight is 307 g/mol. The molecule has 0 bridgehead atoms. The highest BCUT2D eigenvalue weighted by Gasteiger charge is 2.21. The zero-order valence-corrected chi connectivity index (χ0v) is 13.8. The molecule has 2 heterocycles. The van der Waals surface area contributed by atoms with Gasteiger partial charge >= 0.3 is 5.69 Å². The molecule has 0 fully saturated rings. The third-order valence-electron chi connectivity index (χ3n) is 3.88. The van der Waals surface area contributed by atoms with Gasteiger partial charge in [0.05, 0.1) is 0 Å². The van der Waals surface area contributed by atoms with Crippen molar-refractivity contribution in [3.05, 3.63) is 26.7 Å². The molecule has 0 aromatic carbocycles. The fourth-order valence-corrected chi connectivity index (χ4v) is 2.80. The van der Waals surface area contributed by atoms with Crippen LogP contribution in [0.15, 0.2) is 9.59 Å². The summed E-state index contributed by atoms with van der Waals surface area (Å²) in [7, 11) is 0. The third kappa shape index (κ3) is 2.49. The highest BCUT2D eigenvalue weighted by molar-refractivity contribution is 5.71. The molecule has 0 amide bonds. The second kappa shape index (κ2) is 6.48. The number of nitrogens with zero attached hydrogens (tertiary/aromatic N) is 4. The lowest BCUT2D eigenvalue weighted by molar-refractivity contribution is 0.532. The van der Waals surface area contributed by atoms with E-state index in [4.69, 9.17) is 5.73 Å². The zero-order valence-electron chi connectivity index (χ0n) is 13.8. The van der Waals surface area contributed by atoms with Gasteiger partial charge in [0.1, 0.15) is 5.82 Å². The Morgan fingerprint density at radius 2 is 1.86 bits per heavy atom. The fraction of sp³-hybridized carbons (Fsp3) is 0.667. The van der Waals surface area contributed by atoms with Crippen molar-refractivity contribution in [3.63, 3.8) is 0 Å². The first-order valence-corrected chi connectivity index (χ1v) is 7.92. The summed E-state index contributed by atoms with van der Waals surface area (Å²) >= 11 is 0. The van der Waals surface area contributed by atoms with Gasteiger partial charge in [0.25, 0.3) is 5.56 Å². The second-order valence-corrected chi connectivity index (χ2v) is 5.64. The van der Waals surface area contributed by atoms with Gasteiger partial charge in [-0.25, -0.2) is 9.78 Å². The van der Waals surface area contributed by atoms with E-state index in [2.05, 4.69) is 4.98 Å². The molecule has 0 aliphatic carbocycles. The normalized spacial score (nSPS) is 11.7. The van der Waals surface area contributed by atoms with Crippen LogP contribution in [-0.4, -0.2) is 25.2 Å². The van der Waals surface area contributed by atoms with E-state index < -0.39 is 0 Å². The highest BCUT2D eigenvalue weighted by atomic mass is 16.2. The molecule has 0 aliphatic rings. The summed E-state index contributed by atoms with van der Waals surface area (Å²) in [5.41, 5.74) is 6.06. The van der Waals surface area contributed by atoms with Crippen LogP contribution in [0.3, 0.4) is 0 Å². The Kier molecular flexibility index (Phi) is 4.85. The molecule has 0 radical (unpaired) electrons. The maximum atomic E-state index is 12.7. The van der Waals surface area contributed by atoms with Crippen LogP contribution in [0.1, 0.15) is 46.0 Å². The summed E-state index contributed by atoms with van der Waals surface area (Å²) in [6, 6.07) is -0.0593. The number of hydrogen-bond donors (Lipinski definition) is 1. The van der Waals surface area contributed by atoms with Gasteiger partial charge in [0, 0.05) is 25.6 Å². The molecular weight excluding hydrogens is 282 g/mol. The lowest BCUT2D eigenvalue weighted by Gasteiger charge is -2.14. The number of imidazole rings is 1. The first kappa shape index (κ1) is 16.5. The number of aryl methyl sites for hydroxylation is 2. The molecule has 0 spiro atoms. The van der Waals surface area contributed by atoms with Crippen LogP contribution in [-0.2, 0) is 19.5 Å². The molecular formula is C15H25N5O2. The summed E-state index contributed by atoms with van der Waals surface area (Å²) in [5.74, 6) is 0.822. The van der Waals surface area contributed by atoms with Gasteiger partial charge < -0.3 is 10.3 Å². The molecule has 7 heteroatoms. The van der Waals surface area contributed by atoms with Crippen molar-refractivity contribution >= 4 is 11.2 Å². The summed E-state index contributed by atoms with van der Waals surface area (Å²) in [6.07, 6.45) is 1.47. The summed E-state index contributed by atoms with van der Waals surface area (Å²) in [6.45, 7) is 9.20. The molecule has 0 atom stereocenters. The Balaban J connectivity index is 2.94. The predicted octanol–water partition coefficient (Wildman–Crippen LogP) is 0.872. The number of nitrogens with two attached hydrogens (primary N) is 1. The zero-order chi connectivity index (χ0) is 16.4. The van der Waals surface area contributed by atoms with Gasteiger partial charge in [-0.2, -0.15) is 0 Å². The molecule has 22 heavy (non-hydrogen) atoms. The van der Waals surface area contributed by atoms with Crippen molar-refractivity contribution in [2.24, 2.45) is 5.73 Å². The number of rotatable bonds is 6. The van der Waals surface area contributed by atoms with Crippen molar-refractivity contribution in [2.75, 3.05) is 6.54 Å². The van der Waals surface area contributed by atoms with Crippen molar-refractivity contribution < 1.29 is 0 Å². The molecule has 7 nitrogen and oxygen atoms in total. The SMILES string of the molecule is CCc1nc2c(c(=O)n(CC)c(=O)n2C(C)C)n1CCCN. The monoisotopic (exact) mass is 307 g/mol. The Hall–Kier alpha value is -1.89. The Bertz CT molecular complexity index is 782. The topological polar surface area (TPSA) is 87.8 Å². The van der Waals surface area contributed by atoms with Gasteiger partial charge in [-0.15, -0.1) is 0 Å². The summed E-state index contributed by atoms with van der Waals surface area (Å²) in [5, 5.41) is 0. The van der Waals surface area contributed by atoms with Crippen molar-refractivity contribution in [2.45, 2.75) is 59.7 Å². The molecule has 2 rings (SSSR count). The minimum Gasteiger partial charge on any atom is -0.330 e. The molecule has 122 valence electrons. The van der Waals surface area contributed by atoms with Crippen molar-refractivity contribution in [3.8, 4) is 0 Å². The first-order valence-electron chi connectivity index (χ1n) is 7.92. The van der Waals surface area contributed by atoms with Gasteiger partial charge in [-0.1, -0.05) is 6.92 Å². The Morgan fingerprint density at radius 1 is 1.18 bits per heavy atom. The average Bonchev–Trinajstić information content (AvgIpc) is 2.83. The quantitative estimate of drug-likeness (QED) is 0.858. The minimum atomic E-state index is -0.291. The molecule has 2 N–H and O–H groups in total. The van der Waals surface area contributed by atoms with Crippen molar-refractivity contribution in [1.82, 2.24) is 18.7 Å². The van der Waals surface area contributed by atoms with E-state index in [1.54, 1.807) is 11.5 Å². The number of aromatic nitrogens is 4. The molecule has 0 saturated heterocycles. The lowest BCUT2D eigenvalue weighted by atomic mass is 10.3. The molecule has 0 aliphatic heterocycles. The van der Waals surface area contributed by atoms with E-state index in [1.165, 1.54) is 4.57 Å².